The lowest BCUT2D eigenvalue weighted by atomic mass is 10.2. The van der Waals surface area contributed by atoms with E-state index in [9.17, 15) is 9.90 Å². The standard InChI is InChI=1S/C11H9BrN4O2/c1-2-6-5-15-8(12)4-13-11(15)9-10(18)7(17)3-14-16(6)9/h2-4,6,18H,1,5H2/t6-/m0/s1. The summed E-state index contributed by atoms with van der Waals surface area (Å²) < 4.78 is 4.22. The van der Waals surface area contributed by atoms with Crippen molar-refractivity contribution in [1.29, 1.82) is 0 Å². The molecule has 2 aromatic rings. The Kier molecular flexibility index (Phi) is 2.37. The van der Waals surface area contributed by atoms with Crippen LogP contribution in [0.4, 0.5) is 0 Å². The van der Waals surface area contributed by atoms with Crippen molar-refractivity contribution >= 4 is 15.9 Å². The van der Waals surface area contributed by atoms with E-state index in [4.69, 9.17) is 0 Å². The molecule has 0 unspecified atom stereocenters. The summed E-state index contributed by atoms with van der Waals surface area (Å²) in [6, 6.07) is -0.135. The Bertz CT molecular complexity index is 704. The molecule has 1 N–H and O–H groups in total. The van der Waals surface area contributed by atoms with Gasteiger partial charge in [0.15, 0.2) is 11.6 Å². The van der Waals surface area contributed by atoms with E-state index in [0.717, 1.165) is 10.8 Å². The largest absolute Gasteiger partial charge is 0.503 e. The summed E-state index contributed by atoms with van der Waals surface area (Å²) in [7, 11) is 0. The molecule has 0 aliphatic carbocycles. The lowest BCUT2D eigenvalue weighted by Gasteiger charge is -2.26. The van der Waals surface area contributed by atoms with Gasteiger partial charge >= 0.3 is 0 Å². The van der Waals surface area contributed by atoms with Crippen molar-refractivity contribution in [2.75, 3.05) is 0 Å². The molecule has 6 nitrogen and oxygen atoms in total. The number of hydrogen-bond acceptors (Lipinski definition) is 4. The Morgan fingerprint density at radius 3 is 3.06 bits per heavy atom. The number of halogens is 1. The van der Waals surface area contributed by atoms with Crippen LogP contribution in [-0.4, -0.2) is 24.4 Å². The fourth-order valence-electron chi connectivity index (χ4n) is 2.07. The molecule has 18 heavy (non-hydrogen) atoms. The van der Waals surface area contributed by atoms with Gasteiger partial charge in [-0.25, -0.2) is 9.67 Å². The summed E-state index contributed by atoms with van der Waals surface area (Å²) in [5, 5.41) is 14.0. The Balaban J connectivity index is 2.40. The third-order valence-corrected chi connectivity index (χ3v) is 3.59. The van der Waals surface area contributed by atoms with Crippen LogP contribution in [0.1, 0.15) is 6.04 Å². The molecule has 3 rings (SSSR count). The third kappa shape index (κ3) is 1.37. The molecule has 2 aromatic heterocycles. The molecule has 92 valence electrons. The fraction of sp³-hybridized carbons (Fsp3) is 0.182. The van der Waals surface area contributed by atoms with E-state index in [1.165, 1.54) is 0 Å². The van der Waals surface area contributed by atoms with Gasteiger partial charge in [-0.1, -0.05) is 6.08 Å². The van der Waals surface area contributed by atoms with Gasteiger partial charge in [0.1, 0.15) is 10.3 Å². The molecule has 0 aromatic carbocycles. The minimum Gasteiger partial charge on any atom is -0.503 e. The van der Waals surface area contributed by atoms with Gasteiger partial charge in [0.2, 0.25) is 5.43 Å². The van der Waals surface area contributed by atoms with Gasteiger partial charge in [-0.2, -0.15) is 5.10 Å². The van der Waals surface area contributed by atoms with E-state index in [1.807, 2.05) is 4.57 Å². The van der Waals surface area contributed by atoms with Crippen molar-refractivity contribution in [2.45, 2.75) is 12.6 Å². The maximum atomic E-state index is 11.5. The number of hydrogen-bond donors (Lipinski definition) is 1. The van der Waals surface area contributed by atoms with Crippen LogP contribution in [-0.2, 0) is 6.54 Å². The first-order valence-electron chi connectivity index (χ1n) is 5.28. The molecule has 0 radical (unpaired) electrons. The summed E-state index contributed by atoms with van der Waals surface area (Å²) in [6.45, 7) is 4.35. The predicted octanol–water partition coefficient (Wildman–Crippen LogP) is 1.32. The Morgan fingerprint density at radius 1 is 1.56 bits per heavy atom. The Labute approximate surface area is 110 Å². The first kappa shape index (κ1) is 11.2. The summed E-state index contributed by atoms with van der Waals surface area (Å²) >= 11 is 3.38. The molecular weight excluding hydrogens is 300 g/mol. The van der Waals surface area contributed by atoms with Crippen molar-refractivity contribution in [3.63, 3.8) is 0 Å². The summed E-state index contributed by atoms with van der Waals surface area (Å²) in [6.07, 6.45) is 4.45. The van der Waals surface area contributed by atoms with E-state index in [2.05, 4.69) is 32.6 Å². The van der Waals surface area contributed by atoms with Crippen LogP contribution >= 0.6 is 15.9 Å². The monoisotopic (exact) mass is 308 g/mol. The summed E-state index contributed by atoms with van der Waals surface area (Å²) in [5.74, 6) is 0.179. The lowest BCUT2D eigenvalue weighted by molar-refractivity contribution is 0.405. The van der Waals surface area contributed by atoms with Crippen molar-refractivity contribution in [3.05, 3.63) is 39.9 Å². The lowest BCUT2D eigenvalue weighted by Crippen LogP contribution is -2.27. The normalized spacial score (nSPS) is 17.1. The number of imidazole rings is 1. The molecular formula is C11H9BrN4O2. The molecule has 0 spiro atoms. The maximum Gasteiger partial charge on any atom is 0.242 e. The zero-order valence-corrected chi connectivity index (χ0v) is 10.8. The first-order valence-corrected chi connectivity index (χ1v) is 6.07. The van der Waals surface area contributed by atoms with Crippen LogP contribution in [0.5, 0.6) is 5.75 Å². The molecule has 1 aliphatic heterocycles. The van der Waals surface area contributed by atoms with Gasteiger partial charge in [-0.05, 0) is 15.9 Å². The highest BCUT2D eigenvalue weighted by molar-refractivity contribution is 9.10. The number of allylic oxidation sites excluding steroid dienone is 1. The van der Waals surface area contributed by atoms with E-state index in [0.29, 0.717) is 18.1 Å². The van der Waals surface area contributed by atoms with E-state index >= 15 is 0 Å². The quantitative estimate of drug-likeness (QED) is 0.806. The van der Waals surface area contributed by atoms with Gasteiger partial charge in [0.25, 0.3) is 0 Å². The van der Waals surface area contributed by atoms with E-state index in [1.54, 1.807) is 17.0 Å². The third-order valence-electron chi connectivity index (χ3n) is 2.96. The average molecular weight is 309 g/mol. The number of nitrogens with zero attached hydrogens (tertiary/aromatic N) is 4. The van der Waals surface area contributed by atoms with Crippen molar-refractivity contribution in [2.24, 2.45) is 0 Å². The zero-order chi connectivity index (χ0) is 12.9. The maximum absolute atomic E-state index is 11.5. The van der Waals surface area contributed by atoms with E-state index in [-0.39, 0.29) is 11.8 Å². The molecule has 0 fully saturated rings. The minimum atomic E-state index is -0.517. The number of aromatic nitrogens is 4. The summed E-state index contributed by atoms with van der Waals surface area (Å²) in [5.41, 5.74) is -0.194. The smallest absolute Gasteiger partial charge is 0.242 e. The molecule has 1 aliphatic rings. The molecule has 3 heterocycles. The molecule has 0 amide bonds. The van der Waals surface area contributed by atoms with Crippen molar-refractivity contribution < 1.29 is 5.11 Å². The fourth-order valence-corrected chi connectivity index (χ4v) is 2.49. The van der Waals surface area contributed by atoms with Crippen molar-refractivity contribution in [3.8, 4) is 17.3 Å². The Morgan fingerprint density at radius 2 is 2.33 bits per heavy atom. The number of rotatable bonds is 1. The highest BCUT2D eigenvalue weighted by Crippen LogP contribution is 2.34. The summed E-state index contributed by atoms with van der Waals surface area (Å²) in [4.78, 5) is 15.7. The first-order chi connectivity index (χ1) is 8.63. The van der Waals surface area contributed by atoms with E-state index < -0.39 is 5.43 Å². The molecule has 7 heteroatoms. The Hall–Kier alpha value is -1.89. The molecule has 0 saturated carbocycles. The minimum absolute atomic E-state index is 0.135. The van der Waals surface area contributed by atoms with Crippen LogP contribution in [0.25, 0.3) is 11.5 Å². The SMILES string of the molecule is C=C[C@H]1Cn2c(Br)cnc2-c2c(O)c(=O)cnn21. The highest BCUT2D eigenvalue weighted by Gasteiger charge is 2.28. The van der Waals surface area contributed by atoms with Crippen LogP contribution < -0.4 is 5.43 Å². The average Bonchev–Trinajstić information content (AvgIpc) is 2.74. The van der Waals surface area contributed by atoms with Gasteiger partial charge in [0, 0.05) is 0 Å². The van der Waals surface area contributed by atoms with Gasteiger partial charge in [-0.15, -0.1) is 6.58 Å². The second-order valence-electron chi connectivity index (χ2n) is 3.97. The van der Waals surface area contributed by atoms with Crippen LogP contribution in [0.2, 0.25) is 0 Å². The second-order valence-corrected chi connectivity index (χ2v) is 4.78. The van der Waals surface area contributed by atoms with Crippen LogP contribution in [0, 0.1) is 0 Å². The predicted molar refractivity (Wildman–Crippen MR) is 68.3 cm³/mol. The van der Waals surface area contributed by atoms with Gasteiger partial charge < -0.3 is 9.67 Å². The molecule has 0 saturated heterocycles. The van der Waals surface area contributed by atoms with Gasteiger partial charge in [0.05, 0.1) is 25.0 Å². The highest BCUT2D eigenvalue weighted by atomic mass is 79.9. The second kappa shape index (κ2) is 3.81. The van der Waals surface area contributed by atoms with Crippen LogP contribution in [0.15, 0.2) is 34.4 Å². The zero-order valence-electron chi connectivity index (χ0n) is 9.25. The van der Waals surface area contributed by atoms with Crippen molar-refractivity contribution in [1.82, 2.24) is 19.3 Å². The van der Waals surface area contributed by atoms with Crippen LogP contribution in [0.3, 0.4) is 0 Å². The number of fused-ring (bicyclic) bond motifs is 3. The number of aromatic hydroxyl groups is 1. The molecule has 1 atom stereocenters. The van der Waals surface area contributed by atoms with Gasteiger partial charge in [-0.3, -0.25) is 4.79 Å². The topological polar surface area (TPSA) is 72.9 Å². The molecule has 0 bridgehead atoms.